The van der Waals surface area contributed by atoms with Crippen LogP contribution in [0.4, 0.5) is 0 Å². The van der Waals surface area contributed by atoms with E-state index in [1.807, 2.05) is 0 Å². The van der Waals surface area contributed by atoms with E-state index >= 15 is 0 Å². The second-order valence-corrected chi connectivity index (χ2v) is 6.54. The van der Waals surface area contributed by atoms with Crippen molar-refractivity contribution in [2.45, 2.75) is 45.9 Å². The second kappa shape index (κ2) is 3.93. The quantitative estimate of drug-likeness (QED) is 0.676. The Morgan fingerprint density at radius 2 is 1.67 bits per heavy atom. The molecule has 0 aromatic rings. The zero-order valence-electron chi connectivity index (χ0n) is 9.11. The average Bonchev–Trinajstić information content (AvgIpc) is 2.02. The minimum absolute atomic E-state index is 0.0711. The van der Waals surface area contributed by atoms with E-state index in [-0.39, 0.29) is 20.8 Å². The number of hydrogen-bond donors (Lipinski definition) is 1. The van der Waals surface area contributed by atoms with Crippen molar-refractivity contribution in [1.29, 1.82) is 0 Å². The first-order chi connectivity index (χ1) is 5.29. The highest BCUT2D eigenvalue weighted by Crippen LogP contribution is 2.42. The van der Waals surface area contributed by atoms with Gasteiger partial charge < -0.3 is 5.73 Å². The van der Waals surface area contributed by atoms with E-state index < -0.39 is 0 Å². The van der Waals surface area contributed by atoms with Gasteiger partial charge in [0.2, 0.25) is 0 Å². The predicted molar refractivity (Wildman–Crippen MR) is 61.9 cm³/mol. The van der Waals surface area contributed by atoms with Gasteiger partial charge in [0.1, 0.15) is 0 Å². The smallest absolute Gasteiger partial charge is 0.0588 e. The van der Waals surface area contributed by atoms with Crippen molar-refractivity contribution in [2.75, 3.05) is 5.75 Å². The zero-order chi connectivity index (χ0) is 9.99. The Hall–Kier alpha value is 0.180. The van der Waals surface area contributed by atoms with Gasteiger partial charge >= 0.3 is 0 Å². The Balaban J connectivity index is 4.71. The van der Waals surface area contributed by atoms with Crippen molar-refractivity contribution in [1.82, 2.24) is 0 Å². The molecule has 0 saturated heterocycles. The zero-order valence-corrected chi connectivity index (χ0v) is 9.92. The molecule has 0 radical (unpaired) electrons. The first-order valence-electron chi connectivity index (χ1n) is 4.59. The van der Waals surface area contributed by atoms with Gasteiger partial charge in [-0.3, -0.25) is 0 Å². The van der Waals surface area contributed by atoms with E-state index in [2.05, 4.69) is 40.5 Å². The molecule has 0 fully saturated rings. The number of nitrogens with two attached hydrogens (primary N) is 1. The van der Waals surface area contributed by atoms with Gasteiger partial charge in [0.25, 0.3) is 0 Å². The van der Waals surface area contributed by atoms with Gasteiger partial charge in [-0.25, -0.2) is 0 Å². The molecule has 0 aliphatic rings. The van der Waals surface area contributed by atoms with E-state index in [0.717, 1.165) is 12.2 Å². The molecule has 2 heteroatoms. The Morgan fingerprint density at radius 1 is 1.25 bits per heavy atom. The minimum Gasteiger partial charge on any atom is -0.317 e. The number of rotatable bonds is 4. The fourth-order valence-electron chi connectivity index (χ4n) is 1.04. The Morgan fingerprint density at radius 3 is 1.92 bits per heavy atom. The van der Waals surface area contributed by atoms with Gasteiger partial charge in [0.05, 0.1) is 4.87 Å². The summed E-state index contributed by atoms with van der Waals surface area (Å²) < 4.78 is 0. The highest BCUT2D eigenvalue weighted by molar-refractivity contribution is 8.15. The minimum atomic E-state index is -0.128. The van der Waals surface area contributed by atoms with Crippen molar-refractivity contribution in [3.05, 3.63) is 0 Å². The largest absolute Gasteiger partial charge is 0.317 e. The lowest BCUT2D eigenvalue weighted by atomic mass is 9.83. The molecule has 2 atom stereocenters. The molecule has 12 heavy (non-hydrogen) atoms. The molecule has 0 aromatic heterocycles. The fraction of sp³-hybridized carbons (Fsp3) is 0.900. The Labute approximate surface area is 79.7 Å². The van der Waals surface area contributed by atoms with Crippen LogP contribution in [0.3, 0.4) is 0 Å². The van der Waals surface area contributed by atoms with Crippen LogP contribution in [0.15, 0.2) is 0 Å². The maximum atomic E-state index is 6.31. The van der Waals surface area contributed by atoms with Crippen LogP contribution >= 0.6 is 10.5 Å². The molecule has 0 rings (SSSR count). The monoisotopic (exact) mass is 189 g/mol. The summed E-state index contributed by atoms with van der Waals surface area (Å²) in [6.07, 6.45) is 1.11. The Bertz CT molecular complexity index is 171. The molecule has 0 aliphatic heterocycles. The third kappa shape index (κ3) is 2.11. The highest BCUT2D eigenvalue weighted by atomic mass is 32.2. The van der Waals surface area contributed by atoms with Gasteiger partial charge in [-0.15, -0.1) is 0 Å². The van der Waals surface area contributed by atoms with Crippen LogP contribution in [0, 0.1) is 5.41 Å². The Kier molecular flexibility index (Phi) is 3.98. The molecular weight excluding hydrogens is 166 g/mol. The molecule has 0 heterocycles. The van der Waals surface area contributed by atoms with Gasteiger partial charge in [-0.1, -0.05) is 33.6 Å². The van der Waals surface area contributed by atoms with Gasteiger partial charge in [0.15, 0.2) is 0 Å². The van der Waals surface area contributed by atoms with E-state index in [0.29, 0.717) is 0 Å². The lowest BCUT2D eigenvalue weighted by molar-refractivity contribution is 0.261. The molecule has 0 amide bonds. The standard InChI is InChI=1S/C10H23NS/c1-7-9(3,4)10(5,11)12(6)8-2/h6-8,11H2,1-5H3. The van der Waals surface area contributed by atoms with Crippen molar-refractivity contribution < 1.29 is 0 Å². The van der Waals surface area contributed by atoms with Crippen molar-refractivity contribution in [3.8, 4) is 0 Å². The van der Waals surface area contributed by atoms with Crippen LogP contribution in [0.5, 0.6) is 0 Å². The third-order valence-electron chi connectivity index (χ3n) is 3.18. The molecule has 2 N–H and O–H groups in total. The maximum Gasteiger partial charge on any atom is 0.0588 e. The van der Waals surface area contributed by atoms with Crippen LogP contribution < -0.4 is 5.73 Å². The van der Waals surface area contributed by atoms with Crippen LogP contribution in [0.1, 0.15) is 41.0 Å². The van der Waals surface area contributed by atoms with Crippen LogP contribution in [-0.2, 0) is 0 Å². The van der Waals surface area contributed by atoms with Gasteiger partial charge in [-0.2, -0.15) is 10.5 Å². The van der Waals surface area contributed by atoms with Crippen LogP contribution in [0.25, 0.3) is 0 Å². The molecule has 0 aromatic carbocycles. The average molecular weight is 189 g/mol. The fourth-order valence-corrected chi connectivity index (χ4v) is 2.57. The summed E-state index contributed by atoms with van der Waals surface area (Å²) in [5, 5.41) is 0. The van der Waals surface area contributed by atoms with E-state index in [4.69, 9.17) is 5.73 Å². The lowest BCUT2D eigenvalue weighted by Gasteiger charge is -2.42. The van der Waals surface area contributed by atoms with Gasteiger partial charge in [0, 0.05) is 0 Å². The van der Waals surface area contributed by atoms with Crippen molar-refractivity contribution >= 4 is 16.4 Å². The summed E-state index contributed by atoms with van der Waals surface area (Å²) in [5.41, 5.74) is 6.50. The first-order valence-corrected chi connectivity index (χ1v) is 6.15. The van der Waals surface area contributed by atoms with Crippen molar-refractivity contribution in [2.24, 2.45) is 11.1 Å². The van der Waals surface area contributed by atoms with E-state index in [1.165, 1.54) is 0 Å². The summed E-state index contributed by atoms with van der Waals surface area (Å²) in [5.74, 6) is 5.22. The highest BCUT2D eigenvalue weighted by Gasteiger charge is 2.37. The molecule has 0 aliphatic carbocycles. The van der Waals surface area contributed by atoms with E-state index in [9.17, 15) is 0 Å². The van der Waals surface area contributed by atoms with Crippen LogP contribution in [0.2, 0.25) is 0 Å². The third-order valence-corrected chi connectivity index (χ3v) is 5.62. The second-order valence-electron chi connectivity index (χ2n) is 4.13. The van der Waals surface area contributed by atoms with Crippen LogP contribution in [-0.4, -0.2) is 16.5 Å². The summed E-state index contributed by atoms with van der Waals surface area (Å²) in [4.78, 5) is -0.128. The molecule has 1 nitrogen and oxygen atoms in total. The molecule has 74 valence electrons. The summed E-state index contributed by atoms with van der Waals surface area (Å²) >= 11 is 0. The first kappa shape index (κ1) is 12.2. The van der Waals surface area contributed by atoms with Crippen molar-refractivity contribution in [3.63, 3.8) is 0 Å². The lowest BCUT2D eigenvalue weighted by Crippen LogP contribution is -2.48. The number of hydrogen-bond acceptors (Lipinski definition) is 1. The molecular formula is C10H23NS. The molecule has 2 unspecified atom stereocenters. The summed E-state index contributed by atoms with van der Waals surface area (Å²) in [7, 11) is 0.0711. The van der Waals surface area contributed by atoms with E-state index in [1.54, 1.807) is 0 Å². The molecule has 0 saturated carbocycles. The van der Waals surface area contributed by atoms with Gasteiger partial charge in [-0.05, 0) is 24.5 Å². The topological polar surface area (TPSA) is 26.0 Å². The normalized spacial score (nSPS) is 20.2. The summed E-state index contributed by atoms with van der Waals surface area (Å²) in [6.45, 7) is 10.9. The molecule has 0 bridgehead atoms. The SMILES string of the molecule is C=S(CC)C(C)(N)C(C)(C)CC. The predicted octanol–water partition coefficient (Wildman–Crippen LogP) is 2.82. The summed E-state index contributed by atoms with van der Waals surface area (Å²) in [6, 6.07) is 0. The maximum absolute atomic E-state index is 6.31. The molecule has 0 spiro atoms.